The lowest BCUT2D eigenvalue weighted by molar-refractivity contribution is -0.144. The molecule has 0 saturated carbocycles. The number of anilines is 1. The number of aromatic nitrogens is 2. The Kier molecular flexibility index (Phi) is 3.34. The third-order valence-corrected chi connectivity index (χ3v) is 3.14. The first-order chi connectivity index (χ1) is 8.38. The van der Waals surface area contributed by atoms with E-state index in [1.165, 1.54) is 0 Å². The monoisotopic (exact) mass is 319 g/mol. The van der Waals surface area contributed by atoms with Crippen LogP contribution in [0.2, 0.25) is 0 Å². The fourth-order valence-electron chi connectivity index (χ4n) is 1.57. The van der Waals surface area contributed by atoms with Gasteiger partial charge in [-0.2, -0.15) is 18.3 Å². The van der Waals surface area contributed by atoms with Gasteiger partial charge in [0.05, 0.1) is 6.54 Å². The molecule has 0 bridgehead atoms. The molecule has 0 atom stereocenters. The van der Waals surface area contributed by atoms with Crippen LogP contribution in [0.5, 0.6) is 0 Å². The van der Waals surface area contributed by atoms with Gasteiger partial charge in [0.1, 0.15) is 11.5 Å². The first-order valence-corrected chi connectivity index (χ1v) is 5.81. The van der Waals surface area contributed by atoms with Crippen molar-refractivity contribution in [3.8, 4) is 0 Å². The smallest absolute Gasteiger partial charge is 0.382 e. The minimum atomic E-state index is -4.47. The molecule has 0 spiro atoms. The lowest BCUT2D eigenvalue weighted by Gasteiger charge is -2.10. The molecule has 1 aromatic carbocycles. The molecule has 0 radical (unpaired) electrons. The van der Waals surface area contributed by atoms with Crippen molar-refractivity contribution in [3.63, 3.8) is 0 Å². The Bertz CT molecular complexity index is 563. The highest BCUT2D eigenvalue weighted by molar-refractivity contribution is 9.10. The second-order valence-electron chi connectivity index (χ2n) is 3.70. The Labute approximate surface area is 110 Å². The van der Waals surface area contributed by atoms with Crippen molar-refractivity contribution >= 4 is 21.7 Å². The van der Waals surface area contributed by atoms with Gasteiger partial charge in [-0.05, 0) is 11.6 Å². The average Bonchev–Trinajstić information content (AvgIpc) is 2.63. The zero-order chi connectivity index (χ0) is 13.3. The van der Waals surface area contributed by atoms with Gasteiger partial charge in [0.2, 0.25) is 0 Å². The molecule has 1 heterocycles. The topological polar surface area (TPSA) is 43.8 Å². The predicted octanol–water partition coefficient (Wildman–Crippen LogP) is 3.29. The van der Waals surface area contributed by atoms with E-state index >= 15 is 0 Å². The van der Waals surface area contributed by atoms with Crippen LogP contribution < -0.4 is 5.73 Å². The number of hydrogen-bond donors (Lipinski definition) is 1. The van der Waals surface area contributed by atoms with Crippen LogP contribution >= 0.6 is 15.9 Å². The lowest BCUT2D eigenvalue weighted by Crippen LogP contribution is -2.15. The Morgan fingerprint density at radius 1 is 1.28 bits per heavy atom. The third-order valence-electron chi connectivity index (χ3n) is 2.37. The molecule has 96 valence electrons. The number of nitrogens with zero attached hydrogens (tertiary/aromatic N) is 2. The molecule has 7 heteroatoms. The number of benzene rings is 1. The molecule has 0 unspecified atom stereocenters. The SMILES string of the molecule is Nc1cc(C(F)(F)F)n(Cc2ccccc2Br)n1. The summed E-state index contributed by atoms with van der Waals surface area (Å²) in [5.41, 5.74) is 5.17. The Morgan fingerprint density at radius 3 is 2.56 bits per heavy atom. The Balaban J connectivity index is 2.38. The highest BCUT2D eigenvalue weighted by Crippen LogP contribution is 2.31. The number of nitrogen functional groups attached to an aromatic ring is 1. The summed E-state index contributed by atoms with van der Waals surface area (Å²) in [4.78, 5) is 0. The predicted molar refractivity (Wildman–Crippen MR) is 64.9 cm³/mol. The lowest BCUT2D eigenvalue weighted by atomic mass is 10.2. The van der Waals surface area contributed by atoms with Crippen LogP contribution in [0.1, 0.15) is 11.3 Å². The molecule has 2 rings (SSSR count). The van der Waals surface area contributed by atoms with Gasteiger partial charge in [0.15, 0.2) is 0 Å². The van der Waals surface area contributed by atoms with Gasteiger partial charge in [0, 0.05) is 10.5 Å². The highest BCUT2D eigenvalue weighted by atomic mass is 79.9. The van der Waals surface area contributed by atoms with Gasteiger partial charge in [-0.15, -0.1) is 0 Å². The maximum absolute atomic E-state index is 12.7. The summed E-state index contributed by atoms with van der Waals surface area (Å²) >= 11 is 3.28. The summed E-state index contributed by atoms with van der Waals surface area (Å²) in [5.74, 6) is -0.144. The fourth-order valence-corrected chi connectivity index (χ4v) is 1.98. The second kappa shape index (κ2) is 4.64. The summed E-state index contributed by atoms with van der Waals surface area (Å²) in [7, 11) is 0. The van der Waals surface area contributed by atoms with E-state index in [0.29, 0.717) is 5.56 Å². The van der Waals surface area contributed by atoms with Crippen LogP contribution in [0.3, 0.4) is 0 Å². The molecule has 3 nitrogen and oxygen atoms in total. The molecule has 0 saturated heterocycles. The highest BCUT2D eigenvalue weighted by Gasteiger charge is 2.35. The second-order valence-corrected chi connectivity index (χ2v) is 4.56. The van der Waals surface area contributed by atoms with Gasteiger partial charge >= 0.3 is 6.18 Å². The average molecular weight is 320 g/mol. The van der Waals surface area contributed by atoms with Crippen LogP contribution in [0, 0.1) is 0 Å². The minimum Gasteiger partial charge on any atom is -0.382 e. The van der Waals surface area contributed by atoms with Crippen molar-refractivity contribution in [2.45, 2.75) is 12.7 Å². The van der Waals surface area contributed by atoms with E-state index in [1.54, 1.807) is 24.3 Å². The first-order valence-electron chi connectivity index (χ1n) is 5.02. The zero-order valence-electron chi connectivity index (χ0n) is 9.08. The van der Waals surface area contributed by atoms with Crippen molar-refractivity contribution in [1.82, 2.24) is 9.78 Å². The van der Waals surface area contributed by atoms with E-state index in [4.69, 9.17) is 5.73 Å². The van der Waals surface area contributed by atoms with E-state index < -0.39 is 11.9 Å². The van der Waals surface area contributed by atoms with Crippen LogP contribution in [-0.4, -0.2) is 9.78 Å². The summed E-state index contributed by atoms with van der Waals surface area (Å²) in [6, 6.07) is 7.85. The number of halogens is 4. The zero-order valence-corrected chi connectivity index (χ0v) is 10.7. The fraction of sp³-hybridized carbons (Fsp3) is 0.182. The molecule has 0 aliphatic carbocycles. The largest absolute Gasteiger partial charge is 0.433 e. The number of rotatable bonds is 2. The van der Waals surface area contributed by atoms with Gasteiger partial charge in [-0.1, -0.05) is 34.1 Å². The van der Waals surface area contributed by atoms with E-state index in [-0.39, 0.29) is 12.4 Å². The maximum atomic E-state index is 12.7. The van der Waals surface area contributed by atoms with E-state index in [0.717, 1.165) is 15.2 Å². The molecule has 1 aromatic heterocycles. The minimum absolute atomic E-state index is 0.00741. The quantitative estimate of drug-likeness (QED) is 0.923. The number of nitrogens with two attached hydrogens (primary N) is 1. The van der Waals surface area contributed by atoms with Gasteiger partial charge in [-0.3, -0.25) is 4.68 Å². The molecular weight excluding hydrogens is 311 g/mol. The molecule has 0 amide bonds. The summed E-state index contributed by atoms with van der Waals surface area (Å²) in [5, 5.41) is 3.67. The van der Waals surface area contributed by atoms with Gasteiger partial charge < -0.3 is 5.73 Å². The molecule has 0 aliphatic rings. The van der Waals surface area contributed by atoms with Crippen molar-refractivity contribution in [2.24, 2.45) is 0 Å². The molecule has 2 N–H and O–H groups in total. The normalized spacial score (nSPS) is 11.8. The standard InChI is InChI=1S/C11H9BrF3N3/c12-8-4-2-1-3-7(8)6-18-9(11(13,14)15)5-10(16)17-18/h1-5H,6H2,(H2,16,17). The van der Waals surface area contributed by atoms with Gasteiger partial charge in [-0.25, -0.2) is 0 Å². The summed E-state index contributed by atoms with van der Waals surface area (Å²) in [6.07, 6.45) is -4.47. The number of hydrogen-bond acceptors (Lipinski definition) is 2. The van der Waals surface area contributed by atoms with Crippen molar-refractivity contribution in [3.05, 3.63) is 46.1 Å². The summed E-state index contributed by atoms with van der Waals surface area (Å²) in [6.45, 7) is 0.00741. The molecule has 0 aliphatic heterocycles. The van der Waals surface area contributed by atoms with E-state index in [1.807, 2.05) is 0 Å². The summed E-state index contributed by atoms with van der Waals surface area (Å²) < 4.78 is 39.8. The Hall–Kier alpha value is -1.50. The van der Waals surface area contributed by atoms with Crippen molar-refractivity contribution in [2.75, 3.05) is 5.73 Å². The van der Waals surface area contributed by atoms with Crippen molar-refractivity contribution < 1.29 is 13.2 Å². The van der Waals surface area contributed by atoms with Crippen LogP contribution in [0.25, 0.3) is 0 Å². The molecule has 18 heavy (non-hydrogen) atoms. The van der Waals surface area contributed by atoms with Crippen LogP contribution in [0.4, 0.5) is 19.0 Å². The van der Waals surface area contributed by atoms with Crippen molar-refractivity contribution in [1.29, 1.82) is 0 Å². The molecular formula is C11H9BrF3N3. The van der Waals surface area contributed by atoms with Crippen LogP contribution in [-0.2, 0) is 12.7 Å². The number of alkyl halides is 3. The third kappa shape index (κ3) is 2.66. The van der Waals surface area contributed by atoms with E-state index in [9.17, 15) is 13.2 Å². The van der Waals surface area contributed by atoms with Crippen LogP contribution in [0.15, 0.2) is 34.8 Å². The Morgan fingerprint density at radius 2 is 1.94 bits per heavy atom. The molecule has 2 aromatic rings. The van der Waals surface area contributed by atoms with Gasteiger partial charge in [0.25, 0.3) is 0 Å². The first kappa shape index (κ1) is 12.9. The van der Waals surface area contributed by atoms with E-state index in [2.05, 4.69) is 21.0 Å². The molecule has 0 fully saturated rings. The maximum Gasteiger partial charge on any atom is 0.433 e.